The Morgan fingerprint density at radius 1 is 0.842 bits per heavy atom. The SMILES string of the molecule is NC(=O)[C@H](c1ccccc1)N(CCCc1ccc(C(F)(F)F)cc1)c1ccc(OC(F)F)c(OC(F)F)c1. The van der Waals surface area contributed by atoms with E-state index in [0.717, 1.165) is 24.3 Å². The van der Waals surface area contributed by atoms with Crippen molar-refractivity contribution in [1.82, 2.24) is 0 Å². The first-order chi connectivity index (χ1) is 18.0. The Morgan fingerprint density at radius 3 is 2.00 bits per heavy atom. The van der Waals surface area contributed by atoms with Crippen molar-refractivity contribution in [3.63, 3.8) is 0 Å². The number of carbonyl (C=O) groups excluding carboxylic acids is 1. The third kappa shape index (κ3) is 7.77. The lowest BCUT2D eigenvalue weighted by Gasteiger charge is -2.32. The number of benzene rings is 3. The fourth-order valence-corrected chi connectivity index (χ4v) is 3.91. The minimum atomic E-state index is -4.47. The molecule has 3 rings (SSSR count). The average molecular weight is 544 g/mol. The van der Waals surface area contributed by atoms with Crippen molar-refractivity contribution in [2.75, 3.05) is 11.4 Å². The van der Waals surface area contributed by atoms with Gasteiger partial charge in [0.15, 0.2) is 11.5 Å². The summed E-state index contributed by atoms with van der Waals surface area (Å²) in [5.41, 5.74) is 6.11. The summed E-state index contributed by atoms with van der Waals surface area (Å²) in [7, 11) is 0. The van der Waals surface area contributed by atoms with Crippen LogP contribution in [-0.4, -0.2) is 25.7 Å². The van der Waals surface area contributed by atoms with Crippen molar-refractivity contribution >= 4 is 11.6 Å². The number of primary amides is 1. The Balaban J connectivity index is 1.94. The predicted molar refractivity (Wildman–Crippen MR) is 125 cm³/mol. The van der Waals surface area contributed by atoms with Gasteiger partial charge in [-0.05, 0) is 48.2 Å². The van der Waals surface area contributed by atoms with Crippen LogP contribution in [0.2, 0.25) is 0 Å². The van der Waals surface area contributed by atoms with Gasteiger partial charge in [0.25, 0.3) is 0 Å². The standard InChI is InChI=1S/C26H23F7N2O3/c27-24(28)37-20-13-12-19(15-21(20)38-25(29)30)35(22(23(34)36)17-6-2-1-3-7-17)14-4-5-16-8-10-18(11-9-16)26(31,32)33/h1-3,6-13,15,22,24-25H,4-5,14H2,(H2,34,36)/t22-/m0/s1. The number of amides is 1. The molecule has 3 aromatic carbocycles. The van der Waals surface area contributed by atoms with Crippen molar-refractivity contribution < 1.29 is 45.0 Å². The van der Waals surface area contributed by atoms with Gasteiger partial charge in [-0.3, -0.25) is 4.79 Å². The number of carbonyl (C=O) groups is 1. The second-order valence-corrected chi connectivity index (χ2v) is 8.10. The van der Waals surface area contributed by atoms with Crippen molar-refractivity contribution in [3.8, 4) is 11.5 Å². The molecule has 12 heteroatoms. The number of nitrogens with zero attached hydrogens (tertiary/aromatic N) is 1. The molecule has 0 bridgehead atoms. The van der Waals surface area contributed by atoms with Crippen LogP contribution in [0.15, 0.2) is 72.8 Å². The molecule has 0 spiro atoms. The summed E-state index contributed by atoms with van der Waals surface area (Å²) in [6, 6.07) is 15.1. The highest BCUT2D eigenvalue weighted by Crippen LogP contribution is 2.37. The first-order valence-corrected chi connectivity index (χ1v) is 11.3. The van der Waals surface area contributed by atoms with E-state index in [1.807, 2.05) is 0 Å². The molecule has 0 aliphatic heterocycles. The van der Waals surface area contributed by atoms with E-state index in [-0.39, 0.29) is 12.2 Å². The van der Waals surface area contributed by atoms with E-state index >= 15 is 0 Å². The topological polar surface area (TPSA) is 64.8 Å². The second-order valence-electron chi connectivity index (χ2n) is 8.10. The number of rotatable bonds is 12. The van der Waals surface area contributed by atoms with E-state index in [1.165, 1.54) is 23.1 Å². The van der Waals surface area contributed by atoms with E-state index < -0.39 is 48.4 Å². The molecule has 3 aromatic rings. The van der Waals surface area contributed by atoms with Gasteiger partial charge in [0, 0.05) is 18.3 Å². The minimum Gasteiger partial charge on any atom is -0.431 e. The van der Waals surface area contributed by atoms with Gasteiger partial charge in [0.1, 0.15) is 6.04 Å². The van der Waals surface area contributed by atoms with E-state index in [4.69, 9.17) is 5.73 Å². The average Bonchev–Trinajstić information content (AvgIpc) is 2.84. The molecule has 0 aliphatic rings. The molecule has 0 heterocycles. The van der Waals surface area contributed by atoms with Crippen LogP contribution < -0.4 is 20.1 Å². The summed E-state index contributed by atoms with van der Waals surface area (Å²) in [6.45, 7) is -6.56. The largest absolute Gasteiger partial charge is 0.431 e. The summed E-state index contributed by atoms with van der Waals surface area (Å²) in [5.74, 6) is -2.10. The van der Waals surface area contributed by atoms with Gasteiger partial charge in [-0.1, -0.05) is 42.5 Å². The van der Waals surface area contributed by atoms with E-state index in [2.05, 4.69) is 9.47 Å². The number of hydrogen-bond donors (Lipinski definition) is 1. The van der Waals surface area contributed by atoms with Crippen LogP contribution in [-0.2, 0) is 17.4 Å². The van der Waals surface area contributed by atoms with E-state index in [0.29, 0.717) is 24.0 Å². The molecule has 0 unspecified atom stereocenters. The zero-order valence-corrected chi connectivity index (χ0v) is 19.7. The van der Waals surface area contributed by atoms with Crippen LogP contribution >= 0.6 is 0 Å². The first-order valence-electron chi connectivity index (χ1n) is 11.3. The summed E-state index contributed by atoms with van der Waals surface area (Å²) < 4.78 is 98.7. The van der Waals surface area contributed by atoms with Gasteiger partial charge in [-0.2, -0.15) is 30.7 Å². The van der Waals surface area contributed by atoms with Crippen molar-refractivity contribution in [3.05, 3.63) is 89.5 Å². The Hall–Kier alpha value is -3.96. The number of halogens is 7. The summed E-state index contributed by atoms with van der Waals surface area (Å²) >= 11 is 0. The molecule has 0 aromatic heterocycles. The van der Waals surface area contributed by atoms with E-state index in [1.54, 1.807) is 30.3 Å². The lowest BCUT2D eigenvalue weighted by atomic mass is 10.0. The second kappa shape index (κ2) is 12.5. The Labute approximate surface area is 213 Å². The molecular formula is C26H23F7N2O3. The smallest absolute Gasteiger partial charge is 0.416 e. The molecule has 1 amide bonds. The summed E-state index contributed by atoms with van der Waals surface area (Å²) in [6.07, 6.45) is -3.86. The maximum atomic E-state index is 13.0. The molecule has 2 N–H and O–H groups in total. The lowest BCUT2D eigenvalue weighted by Crippen LogP contribution is -2.38. The Morgan fingerprint density at radius 2 is 1.45 bits per heavy atom. The summed E-state index contributed by atoms with van der Waals surface area (Å²) in [5, 5.41) is 0. The highest BCUT2D eigenvalue weighted by molar-refractivity contribution is 5.85. The third-order valence-corrected chi connectivity index (χ3v) is 5.53. The molecule has 0 saturated carbocycles. The molecule has 1 atom stereocenters. The molecule has 0 fully saturated rings. The lowest BCUT2D eigenvalue weighted by molar-refractivity contribution is -0.137. The van der Waals surface area contributed by atoms with Crippen molar-refractivity contribution in [2.45, 2.75) is 38.3 Å². The number of aryl methyl sites for hydroxylation is 1. The maximum absolute atomic E-state index is 13.0. The zero-order chi connectivity index (χ0) is 27.9. The van der Waals surface area contributed by atoms with Crippen LogP contribution in [0, 0.1) is 0 Å². The number of nitrogens with two attached hydrogens (primary N) is 1. The first kappa shape index (κ1) is 28.6. The molecule has 0 aliphatic carbocycles. The molecule has 5 nitrogen and oxygen atoms in total. The maximum Gasteiger partial charge on any atom is 0.416 e. The molecule has 0 saturated heterocycles. The van der Waals surface area contributed by atoms with Gasteiger partial charge in [-0.15, -0.1) is 0 Å². The fraction of sp³-hybridized carbons (Fsp3) is 0.269. The Bertz CT molecular complexity index is 1190. The highest BCUT2D eigenvalue weighted by Gasteiger charge is 2.30. The number of ether oxygens (including phenoxy) is 2. The van der Waals surface area contributed by atoms with Gasteiger partial charge in [0.2, 0.25) is 5.91 Å². The van der Waals surface area contributed by atoms with Crippen LogP contribution in [0.1, 0.15) is 29.2 Å². The Kier molecular flexibility index (Phi) is 9.43. The van der Waals surface area contributed by atoms with Crippen molar-refractivity contribution in [2.24, 2.45) is 5.73 Å². The van der Waals surface area contributed by atoms with Gasteiger partial charge in [-0.25, -0.2) is 0 Å². The number of hydrogen-bond acceptors (Lipinski definition) is 4. The molecule has 204 valence electrons. The normalized spacial score (nSPS) is 12.4. The van der Waals surface area contributed by atoms with Crippen LogP contribution in [0.5, 0.6) is 11.5 Å². The predicted octanol–water partition coefficient (Wildman–Crippen LogP) is 6.57. The monoisotopic (exact) mass is 544 g/mol. The van der Waals surface area contributed by atoms with Gasteiger partial charge >= 0.3 is 19.4 Å². The van der Waals surface area contributed by atoms with E-state index in [9.17, 15) is 35.5 Å². The third-order valence-electron chi connectivity index (χ3n) is 5.53. The van der Waals surface area contributed by atoms with Gasteiger partial charge in [0.05, 0.1) is 5.56 Å². The highest BCUT2D eigenvalue weighted by atomic mass is 19.4. The molecule has 0 radical (unpaired) electrons. The van der Waals surface area contributed by atoms with Crippen LogP contribution in [0.3, 0.4) is 0 Å². The molecular weight excluding hydrogens is 521 g/mol. The molecule has 38 heavy (non-hydrogen) atoms. The number of anilines is 1. The van der Waals surface area contributed by atoms with Gasteiger partial charge < -0.3 is 20.1 Å². The van der Waals surface area contributed by atoms with Crippen LogP contribution in [0.4, 0.5) is 36.4 Å². The minimum absolute atomic E-state index is 0.0900. The fourth-order valence-electron chi connectivity index (χ4n) is 3.91. The van der Waals surface area contributed by atoms with Crippen molar-refractivity contribution in [1.29, 1.82) is 0 Å². The summed E-state index contributed by atoms with van der Waals surface area (Å²) in [4.78, 5) is 14.0. The van der Waals surface area contributed by atoms with Crippen LogP contribution in [0.25, 0.3) is 0 Å². The quantitative estimate of drug-likeness (QED) is 0.262. The number of alkyl halides is 7. The zero-order valence-electron chi connectivity index (χ0n) is 19.7.